The first-order chi connectivity index (χ1) is 7.09. The summed E-state index contributed by atoms with van der Waals surface area (Å²) >= 11 is 0. The van der Waals surface area contributed by atoms with Gasteiger partial charge >= 0.3 is 5.97 Å². The van der Waals surface area contributed by atoms with Crippen molar-refractivity contribution in [3.05, 3.63) is 36.3 Å². The van der Waals surface area contributed by atoms with Gasteiger partial charge in [0.05, 0.1) is 12.5 Å². The van der Waals surface area contributed by atoms with Crippen LogP contribution >= 0.6 is 0 Å². The zero-order valence-electron chi connectivity index (χ0n) is 8.21. The highest BCUT2D eigenvalue weighted by atomic mass is 16.4. The fourth-order valence-electron chi connectivity index (χ4n) is 1.00. The number of likely N-dealkylation sites (N-methyl/N-ethyl adjacent to an activating group) is 1. The number of hydrogen-bond acceptors (Lipinski definition) is 3. The van der Waals surface area contributed by atoms with E-state index in [1.54, 1.807) is 13.1 Å². The van der Waals surface area contributed by atoms with Crippen LogP contribution in [0.5, 0.6) is 0 Å². The van der Waals surface area contributed by atoms with Gasteiger partial charge in [-0.05, 0) is 6.07 Å². The van der Waals surface area contributed by atoms with E-state index in [0.717, 1.165) is 17.7 Å². The van der Waals surface area contributed by atoms with E-state index >= 15 is 0 Å². The van der Waals surface area contributed by atoms with Gasteiger partial charge in [-0.2, -0.15) is 0 Å². The van der Waals surface area contributed by atoms with E-state index in [9.17, 15) is 9.59 Å². The number of hydrogen-bond donors (Lipinski definition) is 1. The lowest BCUT2D eigenvalue weighted by molar-refractivity contribution is -0.132. The SMILES string of the molecule is CN(Cc1ccoc1)C(=O)/C=C/C(=O)O. The van der Waals surface area contributed by atoms with Gasteiger partial charge in [0.15, 0.2) is 0 Å². The predicted octanol–water partition coefficient (Wildman–Crippen LogP) is 0.879. The Morgan fingerprint density at radius 1 is 1.53 bits per heavy atom. The minimum absolute atomic E-state index is 0.362. The molecule has 0 unspecified atom stereocenters. The molecule has 0 radical (unpaired) electrons. The molecule has 0 aliphatic carbocycles. The lowest BCUT2D eigenvalue weighted by atomic mass is 10.3. The average Bonchev–Trinajstić information content (AvgIpc) is 2.66. The summed E-state index contributed by atoms with van der Waals surface area (Å²) in [5.41, 5.74) is 0.856. The third-order valence-electron chi connectivity index (χ3n) is 1.74. The lowest BCUT2D eigenvalue weighted by Gasteiger charge is -2.13. The molecule has 1 N–H and O–H groups in total. The van der Waals surface area contributed by atoms with Gasteiger partial charge in [0, 0.05) is 31.3 Å². The van der Waals surface area contributed by atoms with Crippen molar-refractivity contribution in [1.29, 1.82) is 0 Å². The first kappa shape index (κ1) is 11.0. The highest BCUT2D eigenvalue weighted by molar-refractivity contribution is 5.93. The highest BCUT2D eigenvalue weighted by Gasteiger charge is 2.06. The summed E-state index contributed by atoms with van der Waals surface area (Å²) in [7, 11) is 1.58. The van der Waals surface area contributed by atoms with Crippen molar-refractivity contribution in [3.8, 4) is 0 Å². The van der Waals surface area contributed by atoms with Crippen molar-refractivity contribution in [3.63, 3.8) is 0 Å². The first-order valence-corrected chi connectivity index (χ1v) is 4.27. The second-order valence-electron chi connectivity index (χ2n) is 3.00. The molecule has 0 fully saturated rings. The molecule has 1 amide bonds. The summed E-state index contributed by atoms with van der Waals surface area (Å²) in [6.07, 6.45) is 4.88. The van der Waals surface area contributed by atoms with Crippen molar-refractivity contribution in [2.24, 2.45) is 0 Å². The molecule has 0 spiro atoms. The Hall–Kier alpha value is -2.04. The molecule has 0 saturated carbocycles. The molecule has 80 valence electrons. The van der Waals surface area contributed by atoms with Crippen LogP contribution < -0.4 is 0 Å². The smallest absolute Gasteiger partial charge is 0.328 e. The quantitative estimate of drug-likeness (QED) is 0.747. The molecule has 0 saturated heterocycles. The summed E-state index contributed by atoms with van der Waals surface area (Å²) in [5, 5.41) is 8.33. The van der Waals surface area contributed by atoms with Crippen LogP contribution in [-0.2, 0) is 16.1 Å². The van der Waals surface area contributed by atoms with Crippen LogP contribution in [0.2, 0.25) is 0 Å². The number of nitrogens with zero attached hydrogens (tertiary/aromatic N) is 1. The minimum Gasteiger partial charge on any atom is -0.478 e. The van der Waals surface area contributed by atoms with E-state index in [2.05, 4.69) is 0 Å². The van der Waals surface area contributed by atoms with Gasteiger partial charge < -0.3 is 14.4 Å². The van der Waals surface area contributed by atoms with Gasteiger partial charge in [0.1, 0.15) is 0 Å². The molecule has 1 rings (SSSR count). The van der Waals surface area contributed by atoms with Crippen LogP contribution in [0.4, 0.5) is 0 Å². The van der Waals surface area contributed by atoms with Crippen LogP contribution in [0.15, 0.2) is 35.2 Å². The first-order valence-electron chi connectivity index (χ1n) is 4.27. The van der Waals surface area contributed by atoms with E-state index in [4.69, 9.17) is 9.52 Å². The second kappa shape index (κ2) is 4.99. The lowest BCUT2D eigenvalue weighted by Crippen LogP contribution is -2.24. The molecular weight excluding hydrogens is 198 g/mol. The number of amides is 1. The van der Waals surface area contributed by atoms with E-state index in [1.807, 2.05) is 0 Å². The van der Waals surface area contributed by atoms with Crippen LogP contribution in [0.3, 0.4) is 0 Å². The standard InChI is InChI=1S/C10H11NO4/c1-11(6-8-4-5-15-7-8)9(12)2-3-10(13)14/h2-5,7H,6H2,1H3,(H,13,14)/b3-2+. The maximum atomic E-state index is 11.3. The van der Waals surface area contributed by atoms with Gasteiger partial charge in [-0.3, -0.25) is 4.79 Å². The van der Waals surface area contributed by atoms with Gasteiger partial charge in [-0.15, -0.1) is 0 Å². The maximum absolute atomic E-state index is 11.3. The van der Waals surface area contributed by atoms with E-state index < -0.39 is 5.97 Å². The maximum Gasteiger partial charge on any atom is 0.328 e. The summed E-state index contributed by atoms with van der Waals surface area (Å²) in [6, 6.07) is 1.74. The molecule has 1 heterocycles. The Labute approximate surface area is 86.6 Å². The minimum atomic E-state index is -1.14. The number of carbonyl (C=O) groups is 2. The van der Waals surface area contributed by atoms with Crippen molar-refractivity contribution in [1.82, 2.24) is 4.90 Å². The number of aliphatic carboxylic acids is 1. The van der Waals surface area contributed by atoms with E-state index in [1.165, 1.54) is 17.4 Å². The van der Waals surface area contributed by atoms with Gasteiger partial charge in [-0.25, -0.2) is 4.79 Å². The number of carboxylic acid groups (broad SMARTS) is 1. The Balaban J connectivity index is 2.50. The summed E-state index contributed by atoms with van der Waals surface area (Å²) in [6.45, 7) is 0.388. The van der Waals surface area contributed by atoms with Gasteiger partial charge in [0.2, 0.25) is 5.91 Å². The molecule has 1 aromatic rings. The normalized spacial score (nSPS) is 10.5. The molecule has 0 aromatic carbocycles. The average molecular weight is 209 g/mol. The Kier molecular flexibility index (Phi) is 3.68. The van der Waals surface area contributed by atoms with Crippen LogP contribution in [0.25, 0.3) is 0 Å². The molecule has 5 nitrogen and oxygen atoms in total. The molecule has 0 aliphatic heterocycles. The zero-order valence-corrected chi connectivity index (χ0v) is 8.21. The van der Waals surface area contributed by atoms with Crippen molar-refractivity contribution in [2.45, 2.75) is 6.54 Å². The summed E-state index contributed by atoms with van der Waals surface area (Å²) < 4.78 is 4.84. The summed E-state index contributed by atoms with van der Waals surface area (Å²) in [5.74, 6) is -1.50. The fraction of sp³-hybridized carbons (Fsp3) is 0.200. The second-order valence-corrected chi connectivity index (χ2v) is 3.00. The van der Waals surface area contributed by atoms with Crippen molar-refractivity contribution in [2.75, 3.05) is 7.05 Å². The van der Waals surface area contributed by atoms with E-state index in [0.29, 0.717) is 6.54 Å². The number of furan rings is 1. The molecule has 5 heteroatoms. The third-order valence-corrected chi connectivity index (χ3v) is 1.74. The molecule has 1 aromatic heterocycles. The zero-order chi connectivity index (χ0) is 11.3. The molecular formula is C10H11NO4. The Morgan fingerprint density at radius 3 is 2.80 bits per heavy atom. The van der Waals surface area contributed by atoms with Crippen LogP contribution in [-0.4, -0.2) is 28.9 Å². The Bertz CT molecular complexity index is 367. The molecule has 15 heavy (non-hydrogen) atoms. The van der Waals surface area contributed by atoms with Crippen LogP contribution in [0, 0.1) is 0 Å². The number of carboxylic acids is 1. The summed E-state index contributed by atoms with van der Waals surface area (Å²) in [4.78, 5) is 22.9. The molecule has 0 aliphatic rings. The van der Waals surface area contributed by atoms with Crippen molar-refractivity contribution >= 4 is 11.9 Å². The third kappa shape index (κ3) is 3.68. The largest absolute Gasteiger partial charge is 0.478 e. The molecule has 0 atom stereocenters. The predicted molar refractivity (Wildman–Crippen MR) is 52.0 cm³/mol. The molecule has 0 bridgehead atoms. The number of rotatable bonds is 4. The fourth-order valence-corrected chi connectivity index (χ4v) is 1.00. The van der Waals surface area contributed by atoms with Crippen LogP contribution in [0.1, 0.15) is 5.56 Å². The highest BCUT2D eigenvalue weighted by Crippen LogP contribution is 2.03. The Morgan fingerprint density at radius 2 is 2.27 bits per heavy atom. The monoisotopic (exact) mass is 209 g/mol. The number of carbonyl (C=O) groups excluding carboxylic acids is 1. The van der Waals surface area contributed by atoms with Gasteiger partial charge in [0.25, 0.3) is 0 Å². The van der Waals surface area contributed by atoms with Gasteiger partial charge in [-0.1, -0.05) is 0 Å². The van der Waals surface area contributed by atoms with Crippen molar-refractivity contribution < 1.29 is 19.1 Å². The van der Waals surface area contributed by atoms with E-state index in [-0.39, 0.29) is 5.91 Å². The topological polar surface area (TPSA) is 70.8 Å².